The molecule has 30 heavy (non-hydrogen) atoms. The van der Waals surface area contributed by atoms with E-state index in [1.165, 1.54) is 22.3 Å². The molecule has 4 rings (SSSR count). The predicted octanol–water partition coefficient (Wildman–Crippen LogP) is 4.06. The van der Waals surface area contributed by atoms with E-state index in [0.717, 1.165) is 50.2 Å². The van der Waals surface area contributed by atoms with Crippen LogP contribution in [0.3, 0.4) is 0 Å². The van der Waals surface area contributed by atoms with Crippen molar-refractivity contribution in [1.29, 1.82) is 0 Å². The van der Waals surface area contributed by atoms with Gasteiger partial charge in [0.2, 0.25) is 0 Å². The summed E-state index contributed by atoms with van der Waals surface area (Å²) < 4.78 is 1.95. The molecule has 1 aliphatic heterocycles. The summed E-state index contributed by atoms with van der Waals surface area (Å²) in [6.07, 6.45) is 2.00. The smallest absolute Gasteiger partial charge is 0.174 e. The Morgan fingerprint density at radius 1 is 0.933 bits per heavy atom. The lowest BCUT2D eigenvalue weighted by atomic mass is 10.1. The first-order valence-corrected chi connectivity index (χ1v) is 10.9. The normalized spacial score (nSPS) is 14.7. The number of aryl methyl sites for hydroxylation is 2. The zero-order chi connectivity index (χ0) is 20.9. The van der Waals surface area contributed by atoms with Crippen LogP contribution < -0.4 is 5.32 Å². The van der Waals surface area contributed by atoms with Gasteiger partial charge < -0.3 is 10.2 Å². The number of anilines is 1. The minimum atomic E-state index is 0.756. The van der Waals surface area contributed by atoms with Crippen molar-refractivity contribution >= 4 is 23.1 Å². The molecule has 0 bridgehead atoms. The number of benzene rings is 2. The van der Waals surface area contributed by atoms with Crippen molar-refractivity contribution in [1.82, 2.24) is 19.6 Å². The van der Waals surface area contributed by atoms with Gasteiger partial charge in [-0.1, -0.05) is 54.1 Å². The summed E-state index contributed by atoms with van der Waals surface area (Å²) >= 11 is 5.65. The molecule has 5 nitrogen and oxygen atoms in total. The van der Waals surface area contributed by atoms with Crippen LogP contribution in [0.2, 0.25) is 0 Å². The highest BCUT2D eigenvalue weighted by Crippen LogP contribution is 2.13. The molecule has 0 radical (unpaired) electrons. The number of rotatable bonds is 5. The van der Waals surface area contributed by atoms with Crippen molar-refractivity contribution < 1.29 is 0 Å². The SMILES string of the molecule is Cc1ccc(CN2CCN(C(=S)Nc3ccn(Cc4ccccc4C)n3)CC2)cc1. The first-order valence-electron chi connectivity index (χ1n) is 10.5. The second-order valence-corrected chi connectivity index (χ2v) is 8.39. The van der Waals surface area contributed by atoms with Crippen LogP contribution in [-0.2, 0) is 13.1 Å². The van der Waals surface area contributed by atoms with Crippen LogP contribution in [0.15, 0.2) is 60.8 Å². The van der Waals surface area contributed by atoms with E-state index >= 15 is 0 Å². The van der Waals surface area contributed by atoms with Crippen LogP contribution in [0.25, 0.3) is 0 Å². The van der Waals surface area contributed by atoms with Crippen LogP contribution >= 0.6 is 12.2 Å². The fraction of sp³-hybridized carbons (Fsp3) is 0.333. The fourth-order valence-corrected chi connectivity index (χ4v) is 4.01. The summed E-state index contributed by atoms with van der Waals surface area (Å²) in [4.78, 5) is 4.72. The number of hydrogen-bond donors (Lipinski definition) is 1. The molecule has 0 aliphatic carbocycles. The second-order valence-electron chi connectivity index (χ2n) is 8.00. The van der Waals surface area contributed by atoms with Crippen LogP contribution in [-0.4, -0.2) is 50.9 Å². The Hall–Kier alpha value is -2.70. The van der Waals surface area contributed by atoms with Crippen LogP contribution in [0, 0.1) is 13.8 Å². The molecule has 0 amide bonds. The lowest BCUT2D eigenvalue weighted by Crippen LogP contribution is -2.49. The number of thiocarbonyl (C=S) groups is 1. The maximum atomic E-state index is 5.65. The first kappa shape index (κ1) is 20.6. The van der Waals surface area contributed by atoms with Crippen LogP contribution in [0.5, 0.6) is 0 Å². The van der Waals surface area contributed by atoms with Crippen molar-refractivity contribution in [3.05, 3.63) is 83.0 Å². The summed E-state index contributed by atoms with van der Waals surface area (Å²) in [5, 5.41) is 8.71. The van der Waals surface area contributed by atoms with Gasteiger partial charge >= 0.3 is 0 Å². The van der Waals surface area contributed by atoms with E-state index in [4.69, 9.17) is 12.2 Å². The van der Waals surface area contributed by atoms with E-state index in [0.29, 0.717) is 0 Å². The molecule has 1 fully saturated rings. The third-order valence-corrected chi connectivity index (χ3v) is 6.02. The molecule has 6 heteroatoms. The van der Waals surface area contributed by atoms with Gasteiger partial charge in [0.1, 0.15) is 0 Å². The fourth-order valence-electron chi connectivity index (χ4n) is 3.73. The molecular weight excluding hydrogens is 390 g/mol. The molecule has 1 N–H and O–H groups in total. The van der Waals surface area contributed by atoms with Gasteiger partial charge in [0.05, 0.1) is 6.54 Å². The molecule has 2 aromatic carbocycles. The van der Waals surface area contributed by atoms with Gasteiger partial charge in [0.15, 0.2) is 10.9 Å². The Morgan fingerprint density at radius 3 is 2.40 bits per heavy atom. The van der Waals surface area contributed by atoms with Crippen molar-refractivity contribution in [3.8, 4) is 0 Å². The van der Waals surface area contributed by atoms with Gasteiger partial charge in [-0.15, -0.1) is 0 Å². The molecule has 1 aromatic heterocycles. The maximum absolute atomic E-state index is 5.65. The van der Waals surface area contributed by atoms with E-state index in [1.807, 2.05) is 16.9 Å². The molecule has 2 heterocycles. The maximum Gasteiger partial charge on any atom is 0.174 e. The molecule has 156 valence electrons. The number of piperazine rings is 1. The summed E-state index contributed by atoms with van der Waals surface area (Å²) in [5.74, 6) is 0.802. The molecule has 0 unspecified atom stereocenters. The molecule has 1 saturated heterocycles. The van der Waals surface area contributed by atoms with Gasteiger partial charge in [-0.3, -0.25) is 9.58 Å². The van der Waals surface area contributed by atoms with Gasteiger partial charge in [0.25, 0.3) is 0 Å². The number of nitrogens with zero attached hydrogens (tertiary/aromatic N) is 4. The number of hydrogen-bond acceptors (Lipinski definition) is 3. The Balaban J connectivity index is 1.26. The molecule has 0 saturated carbocycles. The van der Waals surface area contributed by atoms with Crippen molar-refractivity contribution in [3.63, 3.8) is 0 Å². The largest absolute Gasteiger partial charge is 0.346 e. The number of aromatic nitrogens is 2. The van der Waals surface area contributed by atoms with Gasteiger partial charge in [-0.25, -0.2) is 0 Å². The van der Waals surface area contributed by atoms with Gasteiger partial charge in [0, 0.05) is 45.0 Å². The van der Waals surface area contributed by atoms with E-state index in [-0.39, 0.29) is 0 Å². The zero-order valence-corrected chi connectivity index (χ0v) is 18.5. The molecule has 0 spiro atoms. The quantitative estimate of drug-likeness (QED) is 0.631. The summed E-state index contributed by atoms with van der Waals surface area (Å²) in [7, 11) is 0. The second kappa shape index (κ2) is 9.41. The van der Waals surface area contributed by atoms with E-state index in [1.54, 1.807) is 0 Å². The Labute approximate surface area is 184 Å². The third-order valence-electron chi connectivity index (χ3n) is 5.66. The monoisotopic (exact) mass is 419 g/mol. The minimum absolute atomic E-state index is 0.756. The lowest BCUT2D eigenvalue weighted by Gasteiger charge is -2.36. The topological polar surface area (TPSA) is 36.3 Å². The van der Waals surface area contributed by atoms with E-state index in [2.05, 4.69) is 82.6 Å². The van der Waals surface area contributed by atoms with E-state index in [9.17, 15) is 0 Å². The molecular formula is C24H29N5S. The van der Waals surface area contributed by atoms with Crippen molar-refractivity contribution in [2.24, 2.45) is 0 Å². The Bertz CT molecular complexity index is 987. The van der Waals surface area contributed by atoms with Crippen LogP contribution in [0.4, 0.5) is 5.82 Å². The average molecular weight is 420 g/mol. The summed E-state index contributed by atoms with van der Waals surface area (Å²) in [6, 6.07) is 19.2. The summed E-state index contributed by atoms with van der Waals surface area (Å²) in [6.45, 7) is 9.91. The highest BCUT2D eigenvalue weighted by molar-refractivity contribution is 7.80. The van der Waals surface area contributed by atoms with E-state index < -0.39 is 0 Å². The molecule has 3 aromatic rings. The van der Waals surface area contributed by atoms with Crippen molar-refractivity contribution in [2.45, 2.75) is 26.9 Å². The number of nitrogens with one attached hydrogen (secondary N) is 1. The zero-order valence-electron chi connectivity index (χ0n) is 17.7. The first-order chi connectivity index (χ1) is 14.6. The van der Waals surface area contributed by atoms with Gasteiger partial charge in [-0.2, -0.15) is 5.10 Å². The lowest BCUT2D eigenvalue weighted by molar-refractivity contribution is 0.177. The standard InChI is InChI=1S/C24H29N5S/c1-19-7-9-21(10-8-19)17-27-13-15-28(16-14-27)24(30)25-23-11-12-29(26-23)18-22-6-4-3-5-20(22)2/h3-12H,13-18H2,1-2H3,(H,25,26,30). The molecule has 0 atom stereocenters. The average Bonchev–Trinajstić information content (AvgIpc) is 3.19. The third kappa shape index (κ3) is 5.26. The molecule has 1 aliphatic rings. The van der Waals surface area contributed by atoms with Crippen molar-refractivity contribution in [2.75, 3.05) is 31.5 Å². The summed E-state index contributed by atoms with van der Waals surface area (Å²) in [5.41, 5.74) is 5.23. The Kier molecular flexibility index (Phi) is 6.45. The highest BCUT2D eigenvalue weighted by Gasteiger charge is 2.19. The van der Waals surface area contributed by atoms with Crippen LogP contribution in [0.1, 0.15) is 22.3 Å². The highest BCUT2D eigenvalue weighted by atomic mass is 32.1. The predicted molar refractivity (Wildman–Crippen MR) is 127 cm³/mol. The minimum Gasteiger partial charge on any atom is -0.346 e. The Morgan fingerprint density at radius 2 is 1.67 bits per heavy atom. The van der Waals surface area contributed by atoms with Gasteiger partial charge in [-0.05, 0) is 42.8 Å².